The Bertz CT molecular complexity index is 1170. The summed E-state index contributed by atoms with van der Waals surface area (Å²) in [5, 5.41) is 8.49. The summed E-state index contributed by atoms with van der Waals surface area (Å²) in [5.41, 5.74) is 6.55. The van der Waals surface area contributed by atoms with Gasteiger partial charge in [-0.05, 0) is 63.1 Å². The summed E-state index contributed by atoms with van der Waals surface area (Å²) in [7, 11) is 1.89. The Hall–Kier alpha value is -2.93. The summed E-state index contributed by atoms with van der Waals surface area (Å²) >= 11 is 0. The second-order valence-corrected chi connectivity index (χ2v) is 9.15. The van der Waals surface area contributed by atoms with E-state index in [2.05, 4.69) is 46.2 Å². The van der Waals surface area contributed by atoms with Crippen molar-refractivity contribution >= 4 is 28.3 Å². The Morgan fingerprint density at radius 3 is 2.53 bits per heavy atom. The van der Waals surface area contributed by atoms with Crippen LogP contribution in [0, 0.1) is 13.8 Å². The number of aromatic nitrogens is 3. The number of piperazine rings is 1. The molecule has 1 aliphatic heterocycles. The zero-order valence-corrected chi connectivity index (χ0v) is 19.5. The van der Waals surface area contributed by atoms with Gasteiger partial charge >= 0.3 is 0 Å². The van der Waals surface area contributed by atoms with Crippen LogP contribution in [0.25, 0.3) is 11.0 Å². The molecule has 2 aromatic heterocycles. The fraction of sp³-hybridized carbons (Fsp3) is 0.480. The standard InChI is InChI=1S/C25H32N6O/c1-5-30-10-12-31(13-11-30)22-9-8-19(14-16(22)2)26-25(32)20-15-21(18-6-7-18)27-24-23(20)17(3)28-29(24)4/h8-9,14-15,18H,5-7,10-13H2,1-4H3,(H,26,32). The van der Waals surface area contributed by atoms with Crippen LogP contribution in [0.3, 0.4) is 0 Å². The number of hydrogen-bond acceptors (Lipinski definition) is 5. The van der Waals surface area contributed by atoms with Crippen LogP contribution in [0.4, 0.5) is 11.4 Å². The minimum atomic E-state index is -0.0980. The zero-order chi connectivity index (χ0) is 22.4. The van der Waals surface area contributed by atoms with E-state index in [1.165, 1.54) is 11.3 Å². The van der Waals surface area contributed by atoms with E-state index in [4.69, 9.17) is 4.98 Å². The van der Waals surface area contributed by atoms with E-state index in [1.54, 1.807) is 4.68 Å². The first-order valence-corrected chi connectivity index (χ1v) is 11.7. The molecule has 0 bridgehead atoms. The highest BCUT2D eigenvalue weighted by atomic mass is 16.1. The van der Waals surface area contributed by atoms with Gasteiger partial charge in [0.2, 0.25) is 0 Å². The highest BCUT2D eigenvalue weighted by molar-refractivity contribution is 6.12. The van der Waals surface area contributed by atoms with Gasteiger partial charge in [0.15, 0.2) is 5.65 Å². The van der Waals surface area contributed by atoms with Crippen molar-refractivity contribution < 1.29 is 4.79 Å². The lowest BCUT2D eigenvalue weighted by Gasteiger charge is -2.36. The van der Waals surface area contributed by atoms with Gasteiger partial charge < -0.3 is 15.1 Å². The molecule has 168 valence electrons. The van der Waals surface area contributed by atoms with E-state index in [1.807, 2.05) is 26.1 Å². The molecule has 0 atom stereocenters. The van der Waals surface area contributed by atoms with Gasteiger partial charge in [-0.3, -0.25) is 9.48 Å². The van der Waals surface area contributed by atoms with E-state index < -0.39 is 0 Å². The number of benzene rings is 1. The predicted octanol–water partition coefficient (Wildman–Crippen LogP) is 3.86. The Morgan fingerprint density at radius 2 is 1.88 bits per heavy atom. The molecule has 7 heteroatoms. The summed E-state index contributed by atoms with van der Waals surface area (Å²) in [6.45, 7) is 11.7. The van der Waals surface area contributed by atoms with Gasteiger partial charge in [0.1, 0.15) is 0 Å². The molecule has 1 saturated carbocycles. The van der Waals surface area contributed by atoms with Gasteiger partial charge in [0.25, 0.3) is 5.91 Å². The molecule has 1 amide bonds. The first-order valence-electron chi connectivity index (χ1n) is 11.7. The summed E-state index contributed by atoms with van der Waals surface area (Å²) in [6, 6.07) is 8.20. The number of likely N-dealkylation sites (N-methyl/N-ethyl adjacent to an activating group) is 1. The van der Waals surface area contributed by atoms with Crippen molar-refractivity contribution in [3.05, 3.63) is 46.8 Å². The van der Waals surface area contributed by atoms with Gasteiger partial charge in [0.05, 0.1) is 16.6 Å². The Labute approximate surface area is 189 Å². The van der Waals surface area contributed by atoms with Crippen molar-refractivity contribution in [1.29, 1.82) is 0 Å². The van der Waals surface area contributed by atoms with Crippen LogP contribution >= 0.6 is 0 Å². The highest BCUT2D eigenvalue weighted by Gasteiger charge is 2.28. The molecule has 2 aliphatic rings. The third kappa shape index (κ3) is 3.86. The molecule has 2 fully saturated rings. The molecule has 1 saturated heterocycles. The summed E-state index contributed by atoms with van der Waals surface area (Å²) in [5.74, 6) is 0.370. The highest BCUT2D eigenvalue weighted by Crippen LogP contribution is 2.40. The minimum absolute atomic E-state index is 0.0980. The van der Waals surface area contributed by atoms with E-state index in [-0.39, 0.29) is 5.91 Å². The molecular weight excluding hydrogens is 400 g/mol. The van der Waals surface area contributed by atoms with Gasteiger partial charge in [-0.25, -0.2) is 4.98 Å². The average molecular weight is 433 g/mol. The maximum Gasteiger partial charge on any atom is 0.256 e. The number of amides is 1. The lowest BCUT2D eigenvalue weighted by molar-refractivity contribution is 0.102. The summed E-state index contributed by atoms with van der Waals surface area (Å²) in [4.78, 5) is 23.1. The van der Waals surface area contributed by atoms with Crippen molar-refractivity contribution in [2.24, 2.45) is 7.05 Å². The van der Waals surface area contributed by atoms with Crippen LogP contribution in [-0.2, 0) is 7.05 Å². The molecule has 0 spiro atoms. The molecule has 1 aromatic carbocycles. The van der Waals surface area contributed by atoms with Gasteiger partial charge in [-0.1, -0.05) is 6.92 Å². The largest absolute Gasteiger partial charge is 0.369 e. The number of carbonyl (C=O) groups excluding carboxylic acids is 1. The third-order valence-corrected chi connectivity index (χ3v) is 6.84. The Morgan fingerprint density at radius 1 is 1.12 bits per heavy atom. The third-order valence-electron chi connectivity index (χ3n) is 6.84. The topological polar surface area (TPSA) is 66.3 Å². The lowest BCUT2D eigenvalue weighted by Crippen LogP contribution is -2.46. The van der Waals surface area contributed by atoms with Gasteiger partial charge in [0, 0.05) is 56.2 Å². The van der Waals surface area contributed by atoms with Gasteiger partial charge in [-0.15, -0.1) is 0 Å². The van der Waals surface area contributed by atoms with Crippen molar-refractivity contribution in [3.8, 4) is 0 Å². The van der Waals surface area contributed by atoms with Crippen LogP contribution in [0.5, 0.6) is 0 Å². The zero-order valence-electron chi connectivity index (χ0n) is 19.5. The number of carbonyl (C=O) groups is 1. The van der Waals surface area contributed by atoms with Crippen LogP contribution in [0.1, 0.15) is 53.0 Å². The smallest absolute Gasteiger partial charge is 0.256 e. The molecule has 0 radical (unpaired) electrons. The number of nitrogens with one attached hydrogen (secondary N) is 1. The fourth-order valence-corrected chi connectivity index (χ4v) is 4.82. The summed E-state index contributed by atoms with van der Waals surface area (Å²) in [6.07, 6.45) is 2.28. The van der Waals surface area contributed by atoms with E-state index in [9.17, 15) is 4.79 Å². The Balaban J connectivity index is 1.40. The van der Waals surface area contributed by atoms with Crippen LogP contribution in [0.15, 0.2) is 24.3 Å². The molecule has 1 N–H and O–H groups in total. The number of nitrogens with zero attached hydrogens (tertiary/aromatic N) is 5. The van der Waals surface area contributed by atoms with Crippen molar-refractivity contribution in [2.75, 3.05) is 42.9 Å². The SMILES string of the molecule is CCN1CCN(c2ccc(NC(=O)c3cc(C4CC4)nc4c3c(C)nn4C)cc2C)CC1. The number of pyridine rings is 1. The van der Waals surface area contributed by atoms with Crippen molar-refractivity contribution in [3.63, 3.8) is 0 Å². The summed E-state index contributed by atoms with van der Waals surface area (Å²) < 4.78 is 1.78. The van der Waals surface area contributed by atoms with Crippen LogP contribution < -0.4 is 10.2 Å². The quantitative estimate of drug-likeness (QED) is 0.663. The monoisotopic (exact) mass is 432 g/mol. The maximum absolute atomic E-state index is 13.4. The fourth-order valence-electron chi connectivity index (χ4n) is 4.82. The van der Waals surface area contributed by atoms with Crippen molar-refractivity contribution in [1.82, 2.24) is 19.7 Å². The van der Waals surface area contributed by atoms with E-state index in [0.717, 1.165) is 73.7 Å². The number of fused-ring (bicyclic) bond motifs is 1. The van der Waals surface area contributed by atoms with Gasteiger partial charge in [-0.2, -0.15) is 5.10 Å². The molecule has 3 heterocycles. The molecule has 1 aliphatic carbocycles. The second-order valence-electron chi connectivity index (χ2n) is 9.15. The number of aryl methyl sites for hydroxylation is 3. The minimum Gasteiger partial charge on any atom is -0.369 e. The van der Waals surface area contributed by atoms with Crippen LogP contribution in [0.2, 0.25) is 0 Å². The number of hydrogen-bond donors (Lipinski definition) is 1. The average Bonchev–Trinajstić information content (AvgIpc) is 3.59. The second kappa shape index (κ2) is 8.20. The number of rotatable bonds is 5. The number of anilines is 2. The molecule has 3 aromatic rings. The predicted molar refractivity (Wildman–Crippen MR) is 129 cm³/mol. The molecule has 5 rings (SSSR count). The lowest BCUT2D eigenvalue weighted by atomic mass is 10.1. The molecular formula is C25H32N6O. The molecule has 32 heavy (non-hydrogen) atoms. The normalized spacial score (nSPS) is 17.2. The first kappa shape index (κ1) is 20.9. The molecule has 0 unspecified atom stereocenters. The maximum atomic E-state index is 13.4. The van der Waals surface area contributed by atoms with E-state index in [0.29, 0.717) is 11.5 Å². The molecule has 7 nitrogen and oxygen atoms in total. The van der Waals surface area contributed by atoms with Crippen LogP contribution in [-0.4, -0.2) is 58.3 Å². The van der Waals surface area contributed by atoms with E-state index >= 15 is 0 Å². The first-order chi connectivity index (χ1) is 15.4. The van der Waals surface area contributed by atoms with Crippen molar-refractivity contribution in [2.45, 2.75) is 39.5 Å². The Kier molecular flexibility index (Phi) is 5.37.